The Balaban J connectivity index is 1.71. The van der Waals surface area contributed by atoms with Gasteiger partial charge in [0.05, 0.1) is 12.1 Å². The number of hydrogen-bond acceptors (Lipinski definition) is 3. The molecule has 0 radical (unpaired) electrons. The number of fused-ring (bicyclic) bond motifs is 1. The number of primary amides is 1. The fourth-order valence-corrected chi connectivity index (χ4v) is 3.88. The lowest BCUT2D eigenvalue weighted by Crippen LogP contribution is -2.42. The Kier molecular flexibility index (Phi) is 5.61. The van der Waals surface area contributed by atoms with Crippen molar-refractivity contribution in [2.24, 2.45) is 5.73 Å². The molecule has 0 spiro atoms. The number of aryl methyl sites for hydroxylation is 1. The summed E-state index contributed by atoms with van der Waals surface area (Å²) in [5, 5.41) is 0.687. The first kappa shape index (κ1) is 21.4. The summed E-state index contributed by atoms with van der Waals surface area (Å²) in [6, 6.07) is 10.5. The summed E-state index contributed by atoms with van der Waals surface area (Å²) in [6.45, 7) is 7.13. The highest BCUT2D eigenvalue weighted by Gasteiger charge is 2.35. The zero-order chi connectivity index (χ0) is 22.9. The van der Waals surface area contributed by atoms with Crippen LogP contribution < -0.4 is 5.73 Å². The standard InChI is InChI=1S/C23H21F2N5O2/c1-27-17-2-4-18(5-3-17)30-19(6-7-20(26)31)13-15-12-16(14-28-21(15)30)22(32)29-10-8-23(24,25)9-11-29/h2-5,12-14H,6-11H2,(H2,26,31). The van der Waals surface area contributed by atoms with Crippen molar-refractivity contribution in [2.45, 2.75) is 31.6 Å². The van der Waals surface area contributed by atoms with Crippen molar-refractivity contribution in [1.29, 1.82) is 0 Å². The lowest BCUT2D eigenvalue weighted by molar-refractivity contribution is -0.118. The van der Waals surface area contributed by atoms with E-state index in [0.717, 1.165) is 11.4 Å². The topological polar surface area (TPSA) is 85.6 Å². The van der Waals surface area contributed by atoms with Crippen molar-refractivity contribution in [3.63, 3.8) is 0 Å². The normalized spacial score (nSPS) is 15.5. The molecule has 32 heavy (non-hydrogen) atoms. The van der Waals surface area contributed by atoms with Gasteiger partial charge in [-0.25, -0.2) is 18.6 Å². The first-order chi connectivity index (χ1) is 15.3. The summed E-state index contributed by atoms with van der Waals surface area (Å²) in [5.41, 5.74) is 8.27. The fourth-order valence-electron chi connectivity index (χ4n) is 3.88. The van der Waals surface area contributed by atoms with Gasteiger partial charge in [0.15, 0.2) is 5.69 Å². The lowest BCUT2D eigenvalue weighted by atomic mass is 10.1. The van der Waals surface area contributed by atoms with Crippen LogP contribution in [0.4, 0.5) is 14.5 Å². The van der Waals surface area contributed by atoms with Crippen LogP contribution in [0.1, 0.15) is 35.3 Å². The van der Waals surface area contributed by atoms with E-state index in [9.17, 15) is 18.4 Å². The number of carbonyl (C=O) groups excluding carboxylic acids is 2. The minimum atomic E-state index is -2.73. The molecule has 1 aliphatic rings. The SMILES string of the molecule is [C-]#[N+]c1ccc(-n2c(CCC(N)=O)cc3cc(C(=O)N4CCC(F)(F)CC4)cnc32)cc1. The summed E-state index contributed by atoms with van der Waals surface area (Å²) in [5.74, 6) is -3.49. The van der Waals surface area contributed by atoms with Gasteiger partial charge in [0.1, 0.15) is 5.65 Å². The molecule has 2 N–H and O–H groups in total. The highest BCUT2D eigenvalue weighted by atomic mass is 19.3. The maximum atomic E-state index is 13.4. The molecule has 164 valence electrons. The third-order valence-electron chi connectivity index (χ3n) is 5.61. The van der Waals surface area contributed by atoms with Gasteiger partial charge in [-0.1, -0.05) is 12.1 Å². The quantitative estimate of drug-likeness (QED) is 0.615. The van der Waals surface area contributed by atoms with Crippen molar-refractivity contribution in [1.82, 2.24) is 14.5 Å². The number of rotatable bonds is 5. The largest absolute Gasteiger partial charge is 0.370 e. The minimum absolute atomic E-state index is 0.00213. The van der Waals surface area contributed by atoms with E-state index < -0.39 is 11.8 Å². The zero-order valence-corrected chi connectivity index (χ0v) is 17.2. The molecule has 7 nitrogen and oxygen atoms in total. The molecular weight excluding hydrogens is 416 g/mol. The van der Waals surface area contributed by atoms with E-state index in [0.29, 0.717) is 28.7 Å². The average molecular weight is 437 g/mol. The molecule has 4 rings (SSSR count). The summed E-state index contributed by atoms with van der Waals surface area (Å²) in [6.07, 6.45) is 1.27. The molecule has 0 unspecified atom stereocenters. The molecule has 1 fully saturated rings. The van der Waals surface area contributed by atoms with Gasteiger partial charge in [0.25, 0.3) is 11.8 Å². The van der Waals surface area contributed by atoms with Crippen molar-refractivity contribution < 1.29 is 18.4 Å². The van der Waals surface area contributed by atoms with Crippen LogP contribution in [-0.4, -0.2) is 45.3 Å². The highest BCUT2D eigenvalue weighted by molar-refractivity contribution is 5.97. The second-order valence-corrected chi connectivity index (χ2v) is 7.85. The number of halogens is 2. The van der Waals surface area contributed by atoms with Crippen LogP contribution in [0.2, 0.25) is 0 Å². The number of pyridine rings is 1. The van der Waals surface area contributed by atoms with E-state index in [1.807, 2.05) is 10.6 Å². The number of likely N-dealkylation sites (tertiary alicyclic amines) is 1. The number of hydrogen-bond donors (Lipinski definition) is 1. The van der Waals surface area contributed by atoms with Gasteiger partial charge >= 0.3 is 0 Å². The third-order valence-corrected chi connectivity index (χ3v) is 5.61. The Labute approximate surface area is 183 Å². The van der Waals surface area contributed by atoms with Crippen LogP contribution in [0.25, 0.3) is 21.6 Å². The van der Waals surface area contributed by atoms with Gasteiger partial charge in [-0.3, -0.25) is 14.2 Å². The third kappa shape index (κ3) is 4.30. The maximum Gasteiger partial charge on any atom is 0.255 e. The van der Waals surface area contributed by atoms with Gasteiger partial charge in [0, 0.05) is 55.3 Å². The van der Waals surface area contributed by atoms with Gasteiger partial charge in [-0.05, 0) is 30.7 Å². The van der Waals surface area contributed by atoms with E-state index in [1.54, 1.807) is 30.3 Å². The van der Waals surface area contributed by atoms with Crippen LogP contribution in [-0.2, 0) is 11.2 Å². The molecule has 3 aromatic rings. The minimum Gasteiger partial charge on any atom is -0.370 e. The molecule has 1 saturated heterocycles. The van der Waals surface area contributed by atoms with Crippen molar-refractivity contribution in [3.05, 3.63) is 65.3 Å². The number of nitrogens with zero attached hydrogens (tertiary/aromatic N) is 4. The van der Waals surface area contributed by atoms with Gasteiger partial charge in [0.2, 0.25) is 5.91 Å². The molecule has 0 atom stereocenters. The monoisotopic (exact) mass is 437 g/mol. The predicted octanol–water partition coefficient (Wildman–Crippen LogP) is 3.87. The van der Waals surface area contributed by atoms with Crippen LogP contribution in [0, 0.1) is 6.57 Å². The first-order valence-electron chi connectivity index (χ1n) is 10.2. The number of alkyl halides is 2. The first-order valence-corrected chi connectivity index (χ1v) is 10.2. The lowest BCUT2D eigenvalue weighted by Gasteiger charge is -2.31. The Morgan fingerprint density at radius 2 is 1.84 bits per heavy atom. The number of nitrogens with two attached hydrogens (primary N) is 1. The van der Waals surface area contributed by atoms with E-state index in [4.69, 9.17) is 12.3 Å². The zero-order valence-electron chi connectivity index (χ0n) is 17.2. The number of aromatic nitrogens is 2. The van der Waals surface area contributed by atoms with E-state index in [1.165, 1.54) is 11.1 Å². The molecule has 0 saturated carbocycles. The molecule has 0 bridgehead atoms. The van der Waals surface area contributed by atoms with Crippen molar-refractivity contribution in [2.75, 3.05) is 13.1 Å². The van der Waals surface area contributed by atoms with Gasteiger partial charge in [-0.15, -0.1) is 0 Å². The highest BCUT2D eigenvalue weighted by Crippen LogP contribution is 2.30. The molecule has 9 heteroatoms. The predicted molar refractivity (Wildman–Crippen MR) is 115 cm³/mol. The summed E-state index contributed by atoms with van der Waals surface area (Å²) < 4.78 is 28.7. The summed E-state index contributed by atoms with van der Waals surface area (Å²) >= 11 is 0. The van der Waals surface area contributed by atoms with Crippen LogP contribution in [0.5, 0.6) is 0 Å². The van der Waals surface area contributed by atoms with Gasteiger partial charge < -0.3 is 10.6 Å². The second kappa shape index (κ2) is 8.38. The number of amides is 2. The van der Waals surface area contributed by atoms with E-state index >= 15 is 0 Å². The average Bonchev–Trinajstić information content (AvgIpc) is 3.15. The molecule has 2 amide bonds. The Morgan fingerprint density at radius 3 is 2.47 bits per heavy atom. The Hall–Kier alpha value is -3.80. The van der Waals surface area contributed by atoms with Crippen molar-refractivity contribution >= 4 is 28.5 Å². The second-order valence-electron chi connectivity index (χ2n) is 7.85. The smallest absolute Gasteiger partial charge is 0.255 e. The Morgan fingerprint density at radius 1 is 1.16 bits per heavy atom. The van der Waals surface area contributed by atoms with E-state index in [-0.39, 0.29) is 38.3 Å². The van der Waals surface area contributed by atoms with E-state index in [2.05, 4.69) is 9.83 Å². The molecule has 1 aromatic carbocycles. The van der Waals surface area contributed by atoms with Crippen LogP contribution >= 0.6 is 0 Å². The van der Waals surface area contributed by atoms with Crippen LogP contribution in [0.3, 0.4) is 0 Å². The summed E-state index contributed by atoms with van der Waals surface area (Å²) in [7, 11) is 0. The van der Waals surface area contributed by atoms with Crippen LogP contribution in [0.15, 0.2) is 42.6 Å². The fraction of sp³-hybridized carbons (Fsp3) is 0.304. The number of carbonyl (C=O) groups is 2. The van der Waals surface area contributed by atoms with Crippen molar-refractivity contribution in [3.8, 4) is 5.69 Å². The molecule has 3 heterocycles. The van der Waals surface area contributed by atoms with Gasteiger partial charge in [-0.2, -0.15) is 0 Å². The maximum absolute atomic E-state index is 13.4. The molecule has 0 aliphatic carbocycles. The number of piperidine rings is 1. The molecule has 1 aliphatic heterocycles. The molecular formula is C23H21F2N5O2. The Bertz CT molecular complexity index is 1220. The molecule has 2 aromatic heterocycles. The summed E-state index contributed by atoms with van der Waals surface area (Å²) in [4.78, 5) is 33.5. The number of benzene rings is 1.